The van der Waals surface area contributed by atoms with Crippen LogP contribution in [0.4, 0.5) is 0 Å². The quantitative estimate of drug-likeness (QED) is 0.377. The van der Waals surface area contributed by atoms with Gasteiger partial charge >= 0.3 is 5.69 Å². The molecule has 0 saturated carbocycles. The Hall–Kier alpha value is -2.43. The summed E-state index contributed by atoms with van der Waals surface area (Å²) in [5.74, 6) is -1.00. The standard InChI is InChI=1S/C13H11IN4O4/c1-18-12(21)9(11(20)16-13(18)22)6-15-17-10(19)7-3-2-4-8(14)5-7/h2-6,21H,1H3,(H,17,19)(H,16,20,22). The molecular formula is C13H11IN4O4. The first-order chi connectivity index (χ1) is 10.4. The fraction of sp³-hybridized carbons (Fsp3) is 0.0769. The molecule has 0 saturated heterocycles. The van der Waals surface area contributed by atoms with Crippen LogP contribution in [0.5, 0.6) is 5.88 Å². The zero-order chi connectivity index (χ0) is 16.3. The minimum atomic E-state index is -0.798. The number of aromatic nitrogens is 2. The van der Waals surface area contributed by atoms with E-state index in [0.717, 1.165) is 14.4 Å². The normalized spacial score (nSPS) is 10.8. The fourth-order valence-corrected chi connectivity index (χ4v) is 2.14. The summed E-state index contributed by atoms with van der Waals surface area (Å²) >= 11 is 2.07. The van der Waals surface area contributed by atoms with Crippen molar-refractivity contribution >= 4 is 34.7 Å². The zero-order valence-corrected chi connectivity index (χ0v) is 13.5. The van der Waals surface area contributed by atoms with Crippen molar-refractivity contribution in [3.8, 4) is 5.88 Å². The van der Waals surface area contributed by atoms with E-state index in [1.54, 1.807) is 18.2 Å². The number of carbonyl (C=O) groups excluding carboxylic acids is 1. The van der Waals surface area contributed by atoms with Gasteiger partial charge in [0.25, 0.3) is 11.5 Å². The molecule has 22 heavy (non-hydrogen) atoms. The summed E-state index contributed by atoms with van der Waals surface area (Å²) in [5.41, 5.74) is 0.867. The predicted molar refractivity (Wildman–Crippen MR) is 88.2 cm³/mol. The number of aromatic amines is 1. The number of nitrogens with one attached hydrogen (secondary N) is 2. The van der Waals surface area contributed by atoms with Crippen molar-refractivity contribution in [3.05, 3.63) is 59.8 Å². The number of benzene rings is 1. The summed E-state index contributed by atoms with van der Waals surface area (Å²) in [6, 6.07) is 6.85. The summed E-state index contributed by atoms with van der Waals surface area (Å²) in [6.07, 6.45) is 0.972. The van der Waals surface area contributed by atoms with Crippen LogP contribution in [0.25, 0.3) is 0 Å². The Morgan fingerprint density at radius 2 is 2.18 bits per heavy atom. The monoisotopic (exact) mass is 414 g/mol. The molecule has 114 valence electrons. The van der Waals surface area contributed by atoms with Gasteiger partial charge in [-0.1, -0.05) is 6.07 Å². The largest absolute Gasteiger partial charge is 0.494 e. The molecular weight excluding hydrogens is 403 g/mol. The molecule has 1 heterocycles. The number of halogens is 1. The Balaban J connectivity index is 2.20. The molecule has 2 aromatic rings. The maximum atomic E-state index is 11.8. The van der Waals surface area contributed by atoms with Crippen LogP contribution >= 0.6 is 22.6 Å². The second kappa shape index (κ2) is 6.56. The first kappa shape index (κ1) is 15.9. The van der Waals surface area contributed by atoms with E-state index < -0.39 is 23.0 Å². The van der Waals surface area contributed by atoms with Gasteiger partial charge in [0.15, 0.2) is 0 Å². The lowest BCUT2D eigenvalue weighted by Crippen LogP contribution is -2.30. The zero-order valence-electron chi connectivity index (χ0n) is 11.3. The maximum Gasteiger partial charge on any atom is 0.330 e. The minimum Gasteiger partial charge on any atom is -0.494 e. The molecule has 0 bridgehead atoms. The van der Waals surface area contributed by atoms with E-state index in [1.165, 1.54) is 7.05 Å². The van der Waals surface area contributed by atoms with Gasteiger partial charge in [-0.2, -0.15) is 5.10 Å². The summed E-state index contributed by atoms with van der Waals surface area (Å²) in [6.45, 7) is 0. The Morgan fingerprint density at radius 3 is 2.86 bits per heavy atom. The van der Waals surface area contributed by atoms with Crippen molar-refractivity contribution in [3.63, 3.8) is 0 Å². The van der Waals surface area contributed by atoms with Crippen molar-refractivity contribution in [2.24, 2.45) is 12.1 Å². The Bertz CT molecular complexity index is 869. The number of rotatable bonds is 3. The van der Waals surface area contributed by atoms with E-state index in [-0.39, 0.29) is 5.56 Å². The first-order valence-corrected chi connectivity index (χ1v) is 7.09. The number of hydrogen-bond donors (Lipinski definition) is 3. The van der Waals surface area contributed by atoms with E-state index in [0.29, 0.717) is 5.56 Å². The topological polar surface area (TPSA) is 117 Å². The van der Waals surface area contributed by atoms with Crippen LogP contribution in [-0.4, -0.2) is 26.8 Å². The van der Waals surface area contributed by atoms with Gasteiger partial charge in [-0.3, -0.25) is 19.1 Å². The Morgan fingerprint density at radius 1 is 1.45 bits per heavy atom. The Kier molecular flexibility index (Phi) is 4.75. The highest BCUT2D eigenvalue weighted by Crippen LogP contribution is 2.08. The summed E-state index contributed by atoms with van der Waals surface area (Å²) < 4.78 is 1.74. The smallest absolute Gasteiger partial charge is 0.330 e. The van der Waals surface area contributed by atoms with Crippen LogP contribution in [0.15, 0.2) is 39.0 Å². The maximum absolute atomic E-state index is 11.8. The molecule has 0 atom stereocenters. The third-order valence-electron chi connectivity index (χ3n) is 2.77. The van der Waals surface area contributed by atoms with Gasteiger partial charge in [-0.05, 0) is 40.8 Å². The summed E-state index contributed by atoms with van der Waals surface area (Å²) in [5, 5.41) is 13.3. The van der Waals surface area contributed by atoms with Crippen LogP contribution in [0, 0.1) is 3.57 Å². The second-order valence-corrected chi connectivity index (χ2v) is 5.51. The van der Waals surface area contributed by atoms with Crippen LogP contribution in [0.2, 0.25) is 0 Å². The van der Waals surface area contributed by atoms with E-state index in [2.05, 4.69) is 33.1 Å². The van der Waals surface area contributed by atoms with E-state index in [4.69, 9.17) is 0 Å². The molecule has 0 unspecified atom stereocenters. The molecule has 0 fully saturated rings. The molecule has 1 aromatic carbocycles. The third-order valence-corrected chi connectivity index (χ3v) is 3.45. The van der Waals surface area contributed by atoms with Crippen molar-refractivity contribution in [1.29, 1.82) is 0 Å². The van der Waals surface area contributed by atoms with Gasteiger partial charge in [0, 0.05) is 16.2 Å². The Labute approximate surface area is 137 Å². The molecule has 3 N–H and O–H groups in total. The van der Waals surface area contributed by atoms with Gasteiger partial charge in [0.2, 0.25) is 5.88 Å². The molecule has 9 heteroatoms. The van der Waals surface area contributed by atoms with E-state index >= 15 is 0 Å². The van der Waals surface area contributed by atoms with Gasteiger partial charge in [-0.15, -0.1) is 0 Å². The second-order valence-electron chi connectivity index (χ2n) is 4.27. The number of hydrogen-bond acceptors (Lipinski definition) is 5. The average Bonchev–Trinajstić information content (AvgIpc) is 2.48. The molecule has 8 nitrogen and oxygen atoms in total. The highest BCUT2D eigenvalue weighted by molar-refractivity contribution is 14.1. The van der Waals surface area contributed by atoms with Crippen molar-refractivity contribution in [1.82, 2.24) is 15.0 Å². The molecule has 0 radical (unpaired) electrons. The lowest BCUT2D eigenvalue weighted by molar-refractivity contribution is 0.0955. The van der Waals surface area contributed by atoms with Crippen LogP contribution in [0.1, 0.15) is 15.9 Å². The molecule has 2 rings (SSSR count). The third kappa shape index (κ3) is 3.42. The molecule has 0 spiro atoms. The first-order valence-electron chi connectivity index (χ1n) is 6.01. The molecule has 0 aliphatic heterocycles. The van der Waals surface area contributed by atoms with Gasteiger partial charge in [0.05, 0.1) is 6.21 Å². The number of nitrogens with zero attached hydrogens (tertiary/aromatic N) is 2. The fourth-order valence-electron chi connectivity index (χ4n) is 1.59. The number of hydrazone groups is 1. The van der Waals surface area contributed by atoms with Gasteiger partial charge in [0.1, 0.15) is 5.56 Å². The summed E-state index contributed by atoms with van der Waals surface area (Å²) in [4.78, 5) is 36.7. The van der Waals surface area contributed by atoms with Crippen LogP contribution in [0.3, 0.4) is 0 Å². The van der Waals surface area contributed by atoms with Gasteiger partial charge in [-0.25, -0.2) is 10.2 Å². The average molecular weight is 414 g/mol. The van der Waals surface area contributed by atoms with E-state index in [1.807, 2.05) is 11.1 Å². The highest BCUT2D eigenvalue weighted by Gasteiger charge is 2.10. The van der Waals surface area contributed by atoms with E-state index in [9.17, 15) is 19.5 Å². The molecule has 0 aliphatic rings. The van der Waals surface area contributed by atoms with Crippen molar-refractivity contribution in [2.75, 3.05) is 0 Å². The minimum absolute atomic E-state index is 0.231. The van der Waals surface area contributed by atoms with Crippen LogP contribution < -0.4 is 16.7 Å². The number of carbonyl (C=O) groups is 1. The number of amides is 1. The molecule has 0 aliphatic carbocycles. The predicted octanol–water partition coefficient (Wildman–Crippen LogP) is 0.148. The SMILES string of the molecule is Cn1c(O)c(C=NNC(=O)c2cccc(I)c2)c(=O)[nH]c1=O. The van der Waals surface area contributed by atoms with Gasteiger partial charge < -0.3 is 5.11 Å². The molecule has 1 amide bonds. The highest BCUT2D eigenvalue weighted by atomic mass is 127. The van der Waals surface area contributed by atoms with Crippen molar-refractivity contribution in [2.45, 2.75) is 0 Å². The lowest BCUT2D eigenvalue weighted by atomic mass is 10.2. The number of H-pyrrole nitrogens is 1. The van der Waals surface area contributed by atoms with Crippen molar-refractivity contribution < 1.29 is 9.90 Å². The number of aromatic hydroxyl groups is 1. The lowest BCUT2D eigenvalue weighted by Gasteiger charge is -2.03. The summed E-state index contributed by atoms with van der Waals surface area (Å²) in [7, 11) is 1.29. The molecule has 1 aromatic heterocycles. The van der Waals surface area contributed by atoms with Crippen LogP contribution in [-0.2, 0) is 7.05 Å².